The monoisotopic (exact) mass is 281 g/mol. The van der Waals surface area contributed by atoms with E-state index >= 15 is 0 Å². The minimum Gasteiger partial charge on any atom is -0.454 e. The fourth-order valence-corrected chi connectivity index (χ4v) is 3.29. The third-order valence-corrected chi connectivity index (χ3v) is 4.42. The molecule has 0 amide bonds. The summed E-state index contributed by atoms with van der Waals surface area (Å²) in [7, 11) is 0. The SMILES string of the molecule is Cc1cccc2c1CCN(Cc1ccc3c(c1)OCO3)C2. The van der Waals surface area contributed by atoms with Gasteiger partial charge >= 0.3 is 0 Å². The Labute approximate surface area is 125 Å². The van der Waals surface area contributed by atoms with Gasteiger partial charge in [-0.15, -0.1) is 0 Å². The minimum absolute atomic E-state index is 0.342. The average molecular weight is 281 g/mol. The third-order valence-electron chi connectivity index (χ3n) is 4.42. The lowest BCUT2D eigenvalue weighted by molar-refractivity contribution is 0.174. The van der Waals surface area contributed by atoms with Crippen molar-refractivity contribution in [3.8, 4) is 11.5 Å². The van der Waals surface area contributed by atoms with Crippen molar-refractivity contribution in [2.24, 2.45) is 0 Å². The first-order valence-corrected chi connectivity index (χ1v) is 7.48. The molecule has 2 aliphatic rings. The van der Waals surface area contributed by atoms with Gasteiger partial charge in [-0.3, -0.25) is 4.90 Å². The van der Waals surface area contributed by atoms with Gasteiger partial charge in [-0.25, -0.2) is 0 Å². The van der Waals surface area contributed by atoms with Crippen LogP contribution in [-0.2, 0) is 19.5 Å². The fourth-order valence-electron chi connectivity index (χ4n) is 3.29. The lowest BCUT2D eigenvalue weighted by atomic mass is 9.95. The number of fused-ring (bicyclic) bond motifs is 2. The van der Waals surface area contributed by atoms with E-state index in [9.17, 15) is 0 Å². The highest BCUT2D eigenvalue weighted by molar-refractivity contribution is 5.44. The highest BCUT2D eigenvalue weighted by atomic mass is 16.7. The predicted molar refractivity (Wildman–Crippen MR) is 81.6 cm³/mol. The molecule has 0 spiro atoms. The van der Waals surface area contributed by atoms with Crippen LogP contribution in [0.4, 0.5) is 0 Å². The van der Waals surface area contributed by atoms with E-state index in [1.54, 1.807) is 5.56 Å². The van der Waals surface area contributed by atoms with E-state index in [4.69, 9.17) is 9.47 Å². The Kier molecular flexibility index (Phi) is 3.08. The van der Waals surface area contributed by atoms with Crippen LogP contribution in [0.3, 0.4) is 0 Å². The molecular formula is C18H19NO2. The van der Waals surface area contributed by atoms with E-state index in [-0.39, 0.29) is 0 Å². The zero-order chi connectivity index (χ0) is 14.2. The molecule has 2 aromatic carbocycles. The van der Waals surface area contributed by atoms with Crippen LogP contribution < -0.4 is 9.47 Å². The van der Waals surface area contributed by atoms with Crippen molar-refractivity contribution in [3.63, 3.8) is 0 Å². The fraction of sp³-hybridized carbons (Fsp3) is 0.333. The number of nitrogens with zero attached hydrogens (tertiary/aromatic N) is 1. The topological polar surface area (TPSA) is 21.7 Å². The number of hydrogen-bond acceptors (Lipinski definition) is 3. The zero-order valence-corrected chi connectivity index (χ0v) is 12.3. The largest absolute Gasteiger partial charge is 0.454 e. The maximum absolute atomic E-state index is 5.46. The van der Waals surface area contributed by atoms with Gasteiger partial charge in [-0.1, -0.05) is 24.3 Å². The molecule has 0 fully saturated rings. The molecule has 0 N–H and O–H groups in total. The van der Waals surface area contributed by atoms with Gasteiger partial charge in [0.25, 0.3) is 0 Å². The lowest BCUT2D eigenvalue weighted by Crippen LogP contribution is -2.30. The molecule has 0 unspecified atom stereocenters. The summed E-state index contributed by atoms with van der Waals surface area (Å²) in [6, 6.07) is 12.9. The maximum Gasteiger partial charge on any atom is 0.231 e. The van der Waals surface area contributed by atoms with Gasteiger partial charge in [0.1, 0.15) is 0 Å². The van der Waals surface area contributed by atoms with E-state index in [0.29, 0.717) is 6.79 Å². The molecule has 0 radical (unpaired) electrons. The average Bonchev–Trinajstić information content (AvgIpc) is 2.95. The van der Waals surface area contributed by atoms with Gasteiger partial charge < -0.3 is 9.47 Å². The van der Waals surface area contributed by atoms with Crippen LogP contribution in [0.5, 0.6) is 11.5 Å². The number of ether oxygens (including phenoxy) is 2. The molecule has 2 aromatic rings. The molecule has 2 heterocycles. The first-order chi connectivity index (χ1) is 10.3. The second-order valence-electron chi connectivity index (χ2n) is 5.86. The Morgan fingerprint density at radius 2 is 2.00 bits per heavy atom. The minimum atomic E-state index is 0.342. The number of hydrogen-bond donors (Lipinski definition) is 0. The summed E-state index contributed by atoms with van der Waals surface area (Å²) in [5.41, 5.74) is 5.73. The summed E-state index contributed by atoms with van der Waals surface area (Å²) < 4.78 is 10.8. The zero-order valence-electron chi connectivity index (χ0n) is 12.3. The van der Waals surface area contributed by atoms with Crippen molar-refractivity contribution >= 4 is 0 Å². The van der Waals surface area contributed by atoms with Crippen molar-refractivity contribution in [2.75, 3.05) is 13.3 Å². The number of rotatable bonds is 2. The van der Waals surface area contributed by atoms with Gasteiger partial charge in [0.15, 0.2) is 11.5 Å². The molecule has 2 aliphatic heterocycles. The van der Waals surface area contributed by atoms with Crippen LogP contribution in [0, 0.1) is 6.92 Å². The summed E-state index contributed by atoms with van der Waals surface area (Å²) >= 11 is 0. The van der Waals surface area contributed by atoms with Crippen LogP contribution in [0.15, 0.2) is 36.4 Å². The second kappa shape index (κ2) is 5.08. The van der Waals surface area contributed by atoms with E-state index in [1.165, 1.54) is 16.7 Å². The molecule has 3 nitrogen and oxygen atoms in total. The van der Waals surface area contributed by atoms with Crippen LogP contribution in [0.1, 0.15) is 22.3 Å². The first-order valence-electron chi connectivity index (χ1n) is 7.48. The molecule has 21 heavy (non-hydrogen) atoms. The Morgan fingerprint density at radius 3 is 2.95 bits per heavy atom. The third kappa shape index (κ3) is 2.38. The van der Waals surface area contributed by atoms with Gasteiger partial charge in [-0.2, -0.15) is 0 Å². The Morgan fingerprint density at radius 1 is 1.10 bits per heavy atom. The molecule has 0 atom stereocenters. The lowest BCUT2D eigenvalue weighted by Gasteiger charge is -2.29. The molecule has 0 bridgehead atoms. The normalized spacial score (nSPS) is 16.8. The smallest absolute Gasteiger partial charge is 0.231 e. The molecular weight excluding hydrogens is 262 g/mol. The highest BCUT2D eigenvalue weighted by Gasteiger charge is 2.19. The van der Waals surface area contributed by atoms with Gasteiger partial charge in [0.05, 0.1) is 0 Å². The molecule has 0 saturated heterocycles. The molecule has 3 heteroatoms. The summed E-state index contributed by atoms with van der Waals surface area (Å²) in [5.74, 6) is 1.74. The highest BCUT2D eigenvalue weighted by Crippen LogP contribution is 2.33. The van der Waals surface area contributed by atoms with Gasteiger partial charge in [-0.05, 0) is 47.7 Å². The van der Waals surface area contributed by atoms with Crippen molar-refractivity contribution in [2.45, 2.75) is 26.4 Å². The predicted octanol–water partition coefficient (Wildman–Crippen LogP) is 3.28. The molecule has 4 rings (SSSR count). The van der Waals surface area contributed by atoms with Crippen LogP contribution in [-0.4, -0.2) is 18.2 Å². The van der Waals surface area contributed by atoms with Crippen molar-refractivity contribution < 1.29 is 9.47 Å². The Balaban J connectivity index is 1.51. The van der Waals surface area contributed by atoms with Crippen molar-refractivity contribution in [1.82, 2.24) is 4.90 Å². The van der Waals surface area contributed by atoms with Crippen molar-refractivity contribution in [3.05, 3.63) is 58.7 Å². The van der Waals surface area contributed by atoms with Gasteiger partial charge in [0, 0.05) is 19.6 Å². The van der Waals surface area contributed by atoms with Crippen LogP contribution in [0.25, 0.3) is 0 Å². The van der Waals surface area contributed by atoms with E-state index < -0.39 is 0 Å². The van der Waals surface area contributed by atoms with Crippen LogP contribution in [0.2, 0.25) is 0 Å². The summed E-state index contributed by atoms with van der Waals surface area (Å²) in [4.78, 5) is 2.50. The standard InChI is InChI=1S/C18H19NO2/c1-13-3-2-4-15-11-19(8-7-16(13)15)10-14-5-6-17-18(9-14)21-12-20-17/h2-6,9H,7-8,10-12H2,1H3. The first kappa shape index (κ1) is 12.7. The second-order valence-corrected chi connectivity index (χ2v) is 5.86. The summed E-state index contributed by atoms with van der Waals surface area (Å²) in [5, 5.41) is 0. The Hall–Kier alpha value is -2.00. The molecule has 0 saturated carbocycles. The van der Waals surface area contributed by atoms with E-state index in [0.717, 1.165) is 37.6 Å². The van der Waals surface area contributed by atoms with Crippen molar-refractivity contribution in [1.29, 1.82) is 0 Å². The maximum atomic E-state index is 5.46. The Bertz CT molecular complexity index is 681. The quantitative estimate of drug-likeness (QED) is 0.843. The molecule has 0 aromatic heterocycles. The molecule has 108 valence electrons. The van der Waals surface area contributed by atoms with E-state index in [2.05, 4.69) is 42.2 Å². The number of aryl methyl sites for hydroxylation is 1. The summed E-state index contributed by atoms with van der Waals surface area (Å²) in [6.07, 6.45) is 1.15. The van der Waals surface area contributed by atoms with Crippen LogP contribution >= 0.6 is 0 Å². The molecule has 0 aliphatic carbocycles. The summed E-state index contributed by atoms with van der Waals surface area (Å²) in [6.45, 7) is 5.67. The van der Waals surface area contributed by atoms with E-state index in [1.807, 2.05) is 6.07 Å². The van der Waals surface area contributed by atoms with Gasteiger partial charge in [0.2, 0.25) is 6.79 Å². The number of benzene rings is 2.